The van der Waals surface area contributed by atoms with Crippen LogP contribution in [0, 0.1) is 11.8 Å². The van der Waals surface area contributed by atoms with Gasteiger partial charge in [0.1, 0.15) is 0 Å². The molecule has 0 radical (unpaired) electrons. The number of hydrogen-bond donors (Lipinski definition) is 1. The van der Waals surface area contributed by atoms with Gasteiger partial charge in [-0.15, -0.1) is 0 Å². The summed E-state index contributed by atoms with van der Waals surface area (Å²) in [4.78, 5) is 2.05. The fourth-order valence-electron chi connectivity index (χ4n) is 2.99. The van der Waals surface area contributed by atoms with Crippen molar-refractivity contribution in [1.29, 1.82) is 0 Å². The molecule has 5 heteroatoms. The van der Waals surface area contributed by atoms with E-state index in [1.54, 1.807) is 19.1 Å². The van der Waals surface area contributed by atoms with Crippen LogP contribution < -0.4 is 0 Å². The number of aliphatic hydroxyl groups excluding tert-OH is 1. The summed E-state index contributed by atoms with van der Waals surface area (Å²) in [5, 5.41) is 9.60. The lowest BCUT2D eigenvalue weighted by Crippen LogP contribution is -2.38. The molecule has 1 saturated heterocycles. The summed E-state index contributed by atoms with van der Waals surface area (Å²) < 4.78 is 39.4. The third kappa shape index (κ3) is 4.09. The average molecular weight is 289 g/mol. The number of halogens is 3. The van der Waals surface area contributed by atoms with Crippen LogP contribution in [-0.2, 0) is 0 Å². The van der Waals surface area contributed by atoms with Crippen molar-refractivity contribution in [3.63, 3.8) is 0 Å². The van der Waals surface area contributed by atoms with Crippen LogP contribution in [0.4, 0.5) is 13.2 Å². The van der Waals surface area contributed by atoms with Gasteiger partial charge in [-0.3, -0.25) is 0 Å². The Labute approximate surface area is 118 Å². The highest BCUT2D eigenvalue weighted by Gasteiger charge is 2.43. The zero-order valence-electron chi connectivity index (χ0n) is 11.7. The average Bonchev–Trinajstić information content (AvgIpc) is 2.55. The molecule has 1 heterocycles. The van der Waals surface area contributed by atoms with Gasteiger partial charge in [-0.1, -0.05) is 23.8 Å². The minimum atomic E-state index is -4.19. The summed E-state index contributed by atoms with van der Waals surface area (Å²) in [5.41, 5.74) is 0.676. The predicted octanol–water partition coefficient (Wildman–Crippen LogP) is 3.14. The number of likely N-dealkylation sites (tertiary alicyclic amines) is 1. The molecule has 114 valence electrons. The van der Waals surface area contributed by atoms with Crippen molar-refractivity contribution in [3.05, 3.63) is 23.8 Å². The van der Waals surface area contributed by atoms with Crippen LogP contribution in [0.2, 0.25) is 0 Å². The Morgan fingerprint density at radius 3 is 2.75 bits per heavy atom. The second-order valence-corrected chi connectivity index (χ2v) is 5.89. The Bertz CT molecular complexity index is 389. The smallest absolute Gasteiger partial charge is 0.393 e. The van der Waals surface area contributed by atoms with E-state index in [2.05, 4.69) is 4.90 Å². The van der Waals surface area contributed by atoms with Crippen molar-refractivity contribution in [1.82, 2.24) is 4.90 Å². The Morgan fingerprint density at radius 1 is 1.30 bits per heavy atom. The lowest BCUT2D eigenvalue weighted by atomic mass is 9.85. The molecule has 1 aliphatic heterocycles. The van der Waals surface area contributed by atoms with E-state index in [4.69, 9.17) is 0 Å². The van der Waals surface area contributed by atoms with E-state index in [1.807, 2.05) is 0 Å². The fraction of sp³-hybridized carbons (Fsp3) is 0.733. The minimum Gasteiger partial charge on any atom is -0.393 e. The number of allylic oxidation sites excluding steroid dienone is 3. The highest BCUT2D eigenvalue weighted by atomic mass is 19.4. The molecular formula is C15H22F3NO. The van der Waals surface area contributed by atoms with Crippen LogP contribution in [0.25, 0.3) is 0 Å². The lowest BCUT2D eigenvalue weighted by Gasteiger charge is -2.32. The maximum absolute atomic E-state index is 13.1. The van der Waals surface area contributed by atoms with E-state index in [1.165, 1.54) is 6.08 Å². The van der Waals surface area contributed by atoms with E-state index in [9.17, 15) is 18.3 Å². The van der Waals surface area contributed by atoms with Gasteiger partial charge in [0.25, 0.3) is 0 Å². The molecule has 0 spiro atoms. The summed E-state index contributed by atoms with van der Waals surface area (Å²) in [5.74, 6) is -1.91. The Morgan fingerprint density at radius 2 is 2.05 bits per heavy atom. The molecule has 0 aromatic heterocycles. The first-order valence-corrected chi connectivity index (χ1v) is 7.20. The predicted molar refractivity (Wildman–Crippen MR) is 72.2 cm³/mol. The monoisotopic (exact) mass is 289 g/mol. The number of alkyl halides is 3. The van der Waals surface area contributed by atoms with Gasteiger partial charge in [-0.05, 0) is 32.7 Å². The summed E-state index contributed by atoms with van der Waals surface area (Å²) >= 11 is 0. The molecule has 0 amide bonds. The second kappa shape index (κ2) is 6.31. The Balaban J connectivity index is 2.02. The molecule has 0 aromatic carbocycles. The summed E-state index contributed by atoms with van der Waals surface area (Å²) in [6, 6.07) is 0. The molecule has 20 heavy (non-hydrogen) atoms. The van der Waals surface area contributed by atoms with Crippen LogP contribution in [0.15, 0.2) is 23.8 Å². The van der Waals surface area contributed by atoms with Crippen molar-refractivity contribution >= 4 is 0 Å². The highest BCUT2D eigenvalue weighted by molar-refractivity contribution is 5.25. The van der Waals surface area contributed by atoms with Gasteiger partial charge in [0, 0.05) is 19.0 Å². The first-order chi connectivity index (χ1) is 9.36. The third-order valence-electron chi connectivity index (χ3n) is 4.15. The molecule has 2 rings (SSSR count). The van der Waals surface area contributed by atoms with Gasteiger partial charge in [-0.25, -0.2) is 0 Å². The van der Waals surface area contributed by atoms with Gasteiger partial charge in [0.15, 0.2) is 0 Å². The van der Waals surface area contributed by atoms with Gasteiger partial charge in [-0.2, -0.15) is 13.2 Å². The molecule has 2 nitrogen and oxygen atoms in total. The van der Waals surface area contributed by atoms with Gasteiger partial charge >= 0.3 is 6.18 Å². The molecule has 2 unspecified atom stereocenters. The highest BCUT2D eigenvalue weighted by Crippen LogP contribution is 2.37. The standard InChI is InChI=1S/C15H22F3NO/c1-11-4-5-12(14(9-11)15(16,17)18)10-19-7-2-3-13(20)6-8-19/h4-5,9,12-14,20H,2-3,6-8,10H2,1H3/t12?,13?,14-/m0/s1. The maximum atomic E-state index is 13.1. The van der Waals surface area contributed by atoms with Gasteiger partial charge in [0.05, 0.1) is 12.0 Å². The molecule has 3 atom stereocenters. The van der Waals surface area contributed by atoms with E-state index >= 15 is 0 Å². The largest absolute Gasteiger partial charge is 0.395 e. The van der Waals surface area contributed by atoms with E-state index in [0.29, 0.717) is 25.1 Å². The summed E-state index contributed by atoms with van der Waals surface area (Å²) in [7, 11) is 0. The van der Waals surface area contributed by atoms with Crippen LogP contribution in [0.3, 0.4) is 0 Å². The maximum Gasteiger partial charge on any atom is 0.395 e. The lowest BCUT2D eigenvalue weighted by molar-refractivity contribution is -0.171. The number of nitrogens with zero attached hydrogens (tertiary/aromatic N) is 1. The topological polar surface area (TPSA) is 23.5 Å². The van der Waals surface area contributed by atoms with Gasteiger partial charge in [0.2, 0.25) is 0 Å². The molecule has 1 fully saturated rings. The quantitative estimate of drug-likeness (QED) is 0.844. The molecule has 0 saturated carbocycles. The van der Waals surface area contributed by atoms with Crippen LogP contribution in [0.5, 0.6) is 0 Å². The zero-order chi connectivity index (χ0) is 14.8. The SMILES string of the molecule is CC1=C[C@H](C(F)(F)F)C(CN2CCCC(O)CC2)C=C1. The van der Waals surface area contributed by atoms with Crippen molar-refractivity contribution < 1.29 is 18.3 Å². The summed E-state index contributed by atoms with van der Waals surface area (Å²) in [6.45, 7) is 3.57. The summed E-state index contributed by atoms with van der Waals surface area (Å²) in [6.07, 6.45) is 2.56. The third-order valence-corrected chi connectivity index (χ3v) is 4.15. The van der Waals surface area contributed by atoms with Crippen LogP contribution in [-0.4, -0.2) is 41.9 Å². The Kier molecular flexibility index (Phi) is 4.91. The van der Waals surface area contributed by atoms with E-state index in [-0.39, 0.29) is 6.10 Å². The fourth-order valence-corrected chi connectivity index (χ4v) is 2.99. The van der Waals surface area contributed by atoms with Crippen molar-refractivity contribution in [2.45, 2.75) is 38.5 Å². The molecule has 2 aliphatic rings. The van der Waals surface area contributed by atoms with Crippen molar-refractivity contribution in [3.8, 4) is 0 Å². The molecular weight excluding hydrogens is 267 g/mol. The minimum absolute atomic E-state index is 0.303. The number of rotatable bonds is 2. The molecule has 0 aromatic rings. The second-order valence-electron chi connectivity index (χ2n) is 5.89. The number of aliphatic hydroxyl groups is 1. The zero-order valence-corrected chi connectivity index (χ0v) is 11.7. The van der Waals surface area contributed by atoms with Gasteiger partial charge < -0.3 is 10.0 Å². The van der Waals surface area contributed by atoms with Crippen molar-refractivity contribution in [2.24, 2.45) is 11.8 Å². The molecule has 1 N–H and O–H groups in total. The van der Waals surface area contributed by atoms with Crippen molar-refractivity contribution in [2.75, 3.05) is 19.6 Å². The Hall–Kier alpha value is -0.810. The first-order valence-electron chi connectivity index (χ1n) is 7.20. The molecule has 1 aliphatic carbocycles. The normalized spacial score (nSPS) is 32.9. The van der Waals surface area contributed by atoms with E-state index < -0.39 is 18.0 Å². The molecule has 0 bridgehead atoms. The van der Waals surface area contributed by atoms with Crippen LogP contribution >= 0.6 is 0 Å². The number of hydrogen-bond acceptors (Lipinski definition) is 2. The first kappa shape index (κ1) is 15.6. The van der Waals surface area contributed by atoms with Crippen LogP contribution in [0.1, 0.15) is 26.2 Å². The van der Waals surface area contributed by atoms with E-state index in [0.717, 1.165) is 19.4 Å².